The zero-order valence-corrected chi connectivity index (χ0v) is 8.55. The molecule has 0 N–H and O–H groups in total. The van der Waals surface area contributed by atoms with E-state index in [1.807, 2.05) is 42.5 Å². The molecule has 0 saturated carbocycles. The molecule has 3 heteroatoms. The molecule has 0 amide bonds. The summed E-state index contributed by atoms with van der Waals surface area (Å²) < 4.78 is 9.90. The van der Waals surface area contributed by atoms with E-state index in [1.54, 1.807) is 0 Å². The first-order chi connectivity index (χ1) is 7.84. The van der Waals surface area contributed by atoms with Gasteiger partial charge in [0.1, 0.15) is 6.61 Å². The molecule has 1 heterocycles. The number of cyclic esters (lactones) is 2. The van der Waals surface area contributed by atoms with Crippen LogP contribution >= 0.6 is 0 Å². The van der Waals surface area contributed by atoms with E-state index >= 15 is 0 Å². The van der Waals surface area contributed by atoms with Crippen LogP contribution < -0.4 is 0 Å². The van der Waals surface area contributed by atoms with Gasteiger partial charge in [-0.05, 0) is 10.8 Å². The summed E-state index contributed by atoms with van der Waals surface area (Å²) in [5.41, 5.74) is 1.00. The number of ether oxygens (including phenoxy) is 2. The standard InChI is InChI=1S/C13H10O3/c14-13-15-8-12(16-13)11-7-3-5-9-4-1-2-6-10(9)11/h1-7,12H,8H2. The molecule has 3 rings (SSSR count). The third-order valence-corrected chi connectivity index (χ3v) is 2.76. The Morgan fingerprint density at radius 1 is 1.06 bits per heavy atom. The smallest absolute Gasteiger partial charge is 0.430 e. The number of rotatable bonds is 1. The molecular formula is C13H10O3. The summed E-state index contributed by atoms with van der Waals surface area (Å²) in [6, 6.07) is 14.0. The van der Waals surface area contributed by atoms with E-state index in [-0.39, 0.29) is 6.10 Å². The van der Waals surface area contributed by atoms with Crippen LogP contribution in [0.25, 0.3) is 10.8 Å². The van der Waals surface area contributed by atoms with Crippen molar-refractivity contribution in [1.82, 2.24) is 0 Å². The maximum Gasteiger partial charge on any atom is 0.509 e. The lowest BCUT2D eigenvalue weighted by atomic mass is 10.0. The topological polar surface area (TPSA) is 35.5 Å². The molecule has 1 unspecified atom stereocenters. The molecule has 0 spiro atoms. The fraction of sp³-hybridized carbons (Fsp3) is 0.154. The van der Waals surface area contributed by atoms with Gasteiger partial charge in [0.05, 0.1) is 0 Å². The zero-order valence-electron chi connectivity index (χ0n) is 8.55. The van der Waals surface area contributed by atoms with Gasteiger partial charge in [-0.1, -0.05) is 42.5 Å². The van der Waals surface area contributed by atoms with Crippen LogP contribution in [0.15, 0.2) is 42.5 Å². The molecule has 1 aliphatic heterocycles. The van der Waals surface area contributed by atoms with Gasteiger partial charge < -0.3 is 9.47 Å². The van der Waals surface area contributed by atoms with Gasteiger partial charge in [0.15, 0.2) is 6.10 Å². The molecule has 2 aromatic carbocycles. The van der Waals surface area contributed by atoms with Gasteiger partial charge in [-0.3, -0.25) is 0 Å². The number of carbonyl (C=O) groups is 1. The first-order valence-corrected chi connectivity index (χ1v) is 5.16. The van der Waals surface area contributed by atoms with Gasteiger partial charge in [-0.2, -0.15) is 0 Å². The van der Waals surface area contributed by atoms with Gasteiger partial charge in [0.2, 0.25) is 0 Å². The van der Waals surface area contributed by atoms with Crippen LogP contribution in [0.4, 0.5) is 4.79 Å². The molecule has 1 fully saturated rings. The Labute approximate surface area is 92.6 Å². The molecule has 0 bridgehead atoms. The second kappa shape index (κ2) is 3.52. The molecule has 0 radical (unpaired) electrons. The number of benzene rings is 2. The minimum absolute atomic E-state index is 0.279. The number of hydrogen-bond donors (Lipinski definition) is 0. The van der Waals surface area contributed by atoms with E-state index in [2.05, 4.69) is 0 Å². The van der Waals surface area contributed by atoms with Crippen molar-refractivity contribution in [3.63, 3.8) is 0 Å². The maximum absolute atomic E-state index is 10.9. The molecule has 80 valence electrons. The van der Waals surface area contributed by atoms with E-state index < -0.39 is 6.16 Å². The van der Waals surface area contributed by atoms with Crippen LogP contribution in [-0.2, 0) is 9.47 Å². The lowest BCUT2D eigenvalue weighted by Crippen LogP contribution is -2.00. The van der Waals surface area contributed by atoms with E-state index in [0.29, 0.717) is 6.61 Å². The molecule has 2 aromatic rings. The number of fused-ring (bicyclic) bond motifs is 1. The highest BCUT2D eigenvalue weighted by Crippen LogP contribution is 2.29. The van der Waals surface area contributed by atoms with E-state index in [4.69, 9.17) is 9.47 Å². The fourth-order valence-electron chi connectivity index (χ4n) is 2.01. The molecule has 16 heavy (non-hydrogen) atoms. The predicted molar refractivity (Wildman–Crippen MR) is 59.1 cm³/mol. The summed E-state index contributed by atoms with van der Waals surface area (Å²) >= 11 is 0. The summed E-state index contributed by atoms with van der Waals surface area (Å²) in [6.07, 6.45) is -0.864. The first-order valence-electron chi connectivity index (χ1n) is 5.16. The minimum Gasteiger partial charge on any atom is -0.430 e. The Morgan fingerprint density at radius 3 is 2.69 bits per heavy atom. The SMILES string of the molecule is O=C1OCC(c2cccc3ccccc23)O1. The van der Waals surface area contributed by atoms with Crippen LogP contribution in [0.1, 0.15) is 11.7 Å². The Morgan fingerprint density at radius 2 is 1.88 bits per heavy atom. The largest absolute Gasteiger partial charge is 0.509 e. The van der Waals surface area contributed by atoms with E-state index in [1.165, 1.54) is 0 Å². The maximum atomic E-state index is 10.9. The first kappa shape index (κ1) is 9.21. The van der Waals surface area contributed by atoms with E-state index in [0.717, 1.165) is 16.3 Å². The molecule has 0 aromatic heterocycles. The molecule has 1 saturated heterocycles. The highest BCUT2D eigenvalue weighted by Gasteiger charge is 2.27. The zero-order chi connectivity index (χ0) is 11.0. The van der Waals surface area contributed by atoms with Crippen LogP contribution in [0.5, 0.6) is 0 Å². The normalized spacial score (nSPS) is 19.5. The van der Waals surface area contributed by atoms with Crippen molar-refractivity contribution in [3.8, 4) is 0 Å². The molecular weight excluding hydrogens is 204 g/mol. The second-order valence-electron chi connectivity index (χ2n) is 3.74. The fourth-order valence-corrected chi connectivity index (χ4v) is 2.01. The number of hydrogen-bond acceptors (Lipinski definition) is 3. The highest BCUT2D eigenvalue weighted by atomic mass is 16.8. The quantitative estimate of drug-likeness (QED) is 0.684. The van der Waals surface area contributed by atoms with Crippen LogP contribution in [-0.4, -0.2) is 12.8 Å². The third kappa shape index (κ3) is 1.41. The van der Waals surface area contributed by atoms with Crippen molar-refractivity contribution >= 4 is 16.9 Å². The predicted octanol–water partition coefficient (Wildman–Crippen LogP) is 3.05. The third-order valence-electron chi connectivity index (χ3n) is 2.76. The van der Waals surface area contributed by atoms with Gasteiger partial charge >= 0.3 is 6.16 Å². The van der Waals surface area contributed by atoms with Crippen molar-refractivity contribution in [2.45, 2.75) is 6.10 Å². The lowest BCUT2D eigenvalue weighted by molar-refractivity contribution is 0.118. The average Bonchev–Trinajstić information content (AvgIpc) is 2.75. The second-order valence-corrected chi connectivity index (χ2v) is 3.74. The monoisotopic (exact) mass is 214 g/mol. The van der Waals surface area contributed by atoms with Crippen molar-refractivity contribution in [2.24, 2.45) is 0 Å². The summed E-state index contributed by atoms with van der Waals surface area (Å²) in [4.78, 5) is 10.9. The highest BCUT2D eigenvalue weighted by molar-refractivity contribution is 5.86. The van der Waals surface area contributed by atoms with Crippen molar-refractivity contribution in [3.05, 3.63) is 48.0 Å². The summed E-state index contributed by atoms with van der Waals surface area (Å²) in [5.74, 6) is 0. The molecule has 3 nitrogen and oxygen atoms in total. The minimum atomic E-state index is -0.585. The Kier molecular flexibility index (Phi) is 2.03. The van der Waals surface area contributed by atoms with Crippen molar-refractivity contribution in [2.75, 3.05) is 6.61 Å². The van der Waals surface area contributed by atoms with Gasteiger partial charge in [-0.25, -0.2) is 4.79 Å². The van der Waals surface area contributed by atoms with Crippen molar-refractivity contribution < 1.29 is 14.3 Å². The Hall–Kier alpha value is -2.03. The molecule has 0 aliphatic carbocycles. The van der Waals surface area contributed by atoms with Crippen molar-refractivity contribution in [1.29, 1.82) is 0 Å². The lowest BCUT2D eigenvalue weighted by Gasteiger charge is -2.09. The van der Waals surface area contributed by atoms with Crippen LogP contribution in [0, 0.1) is 0 Å². The Bertz CT molecular complexity index is 542. The van der Waals surface area contributed by atoms with Crippen LogP contribution in [0.3, 0.4) is 0 Å². The van der Waals surface area contributed by atoms with Gasteiger partial charge in [-0.15, -0.1) is 0 Å². The Balaban J connectivity index is 2.13. The summed E-state index contributed by atoms with van der Waals surface area (Å²) in [6.45, 7) is 0.298. The average molecular weight is 214 g/mol. The summed E-state index contributed by atoms with van der Waals surface area (Å²) in [7, 11) is 0. The van der Waals surface area contributed by atoms with E-state index in [9.17, 15) is 4.79 Å². The van der Waals surface area contributed by atoms with Gasteiger partial charge in [0.25, 0.3) is 0 Å². The van der Waals surface area contributed by atoms with Crippen LogP contribution in [0.2, 0.25) is 0 Å². The molecule has 1 atom stereocenters. The number of carbonyl (C=O) groups excluding carboxylic acids is 1. The summed E-state index contributed by atoms with van der Waals surface area (Å²) in [5, 5.41) is 2.25. The van der Waals surface area contributed by atoms with Gasteiger partial charge in [0, 0.05) is 5.56 Å². The molecule has 1 aliphatic rings.